The highest BCUT2D eigenvalue weighted by atomic mass is 16.5. The zero-order chi connectivity index (χ0) is 21.8. The molecule has 7 heteroatoms. The third-order valence-electron chi connectivity index (χ3n) is 5.70. The van der Waals surface area contributed by atoms with Crippen LogP contribution in [0.1, 0.15) is 17.0 Å². The van der Waals surface area contributed by atoms with Crippen molar-refractivity contribution < 1.29 is 13.9 Å². The van der Waals surface area contributed by atoms with Crippen molar-refractivity contribution in [3.05, 3.63) is 65.7 Å². The second kappa shape index (κ2) is 9.12. The van der Waals surface area contributed by atoms with Gasteiger partial charge in [-0.1, -0.05) is 24.3 Å². The Balaban J connectivity index is 1.36. The van der Waals surface area contributed by atoms with Gasteiger partial charge in [-0.25, -0.2) is 9.78 Å². The van der Waals surface area contributed by atoms with E-state index < -0.39 is 0 Å². The molecule has 2 heterocycles. The molecule has 7 nitrogen and oxygen atoms in total. The number of benzene rings is 2. The van der Waals surface area contributed by atoms with Crippen molar-refractivity contribution in [2.45, 2.75) is 20.4 Å². The summed E-state index contributed by atoms with van der Waals surface area (Å²) < 4.78 is 11.2. The lowest BCUT2D eigenvalue weighted by atomic mass is 10.1. The minimum atomic E-state index is -0.0171. The minimum absolute atomic E-state index is 0.0171. The SMILES string of the molecule is COc1cc(N2CCN(C(=O)NCc3ccccc3C)CC2)ccc1-c1cnc(C)o1. The van der Waals surface area contributed by atoms with Crippen LogP contribution in [0.2, 0.25) is 0 Å². The van der Waals surface area contributed by atoms with Crippen molar-refractivity contribution in [2.24, 2.45) is 0 Å². The molecule has 2 amide bonds. The molecule has 1 aliphatic heterocycles. The molecule has 0 radical (unpaired) electrons. The molecule has 1 aliphatic rings. The molecule has 3 aromatic rings. The van der Waals surface area contributed by atoms with Gasteiger partial charge in [0.1, 0.15) is 5.75 Å². The number of nitrogens with one attached hydrogen (secondary N) is 1. The van der Waals surface area contributed by atoms with Gasteiger partial charge in [-0.05, 0) is 30.2 Å². The van der Waals surface area contributed by atoms with E-state index in [2.05, 4.69) is 34.3 Å². The van der Waals surface area contributed by atoms with Gasteiger partial charge < -0.3 is 24.3 Å². The summed E-state index contributed by atoms with van der Waals surface area (Å²) in [5.74, 6) is 2.06. The standard InChI is InChI=1S/C24H28N4O3/c1-17-6-4-5-7-19(17)15-26-24(29)28-12-10-27(11-13-28)20-8-9-21(22(14-20)30-3)23-16-25-18(2)31-23/h4-9,14,16H,10-13,15H2,1-3H3,(H,26,29). The number of ether oxygens (including phenoxy) is 1. The summed E-state index contributed by atoms with van der Waals surface area (Å²) in [6.45, 7) is 7.30. The number of hydrogen-bond donors (Lipinski definition) is 1. The Morgan fingerprint density at radius 3 is 2.58 bits per heavy atom. The fourth-order valence-corrected chi connectivity index (χ4v) is 3.82. The van der Waals surface area contributed by atoms with Gasteiger partial charge in [-0.2, -0.15) is 0 Å². The average Bonchev–Trinajstić information content (AvgIpc) is 3.24. The Morgan fingerprint density at radius 2 is 1.90 bits per heavy atom. The van der Waals surface area contributed by atoms with Gasteiger partial charge in [0.15, 0.2) is 11.7 Å². The third-order valence-corrected chi connectivity index (χ3v) is 5.70. The monoisotopic (exact) mass is 420 g/mol. The Labute approximate surface area is 182 Å². The first-order chi connectivity index (χ1) is 15.0. The first-order valence-corrected chi connectivity index (χ1v) is 10.5. The molecule has 2 aromatic carbocycles. The van der Waals surface area contributed by atoms with E-state index in [0.29, 0.717) is 31.3 Å². The van der Waals surface area contributed by atoms with Crippen LogP contribution in [-0.4, -0.2) is 49.2 Å². The summed E-state index contributed by atoms with van der Waals surface area (Å²) >= 11 is 0. The molecule has 1 fully saturated rings. The normalized spacial score (nSPS) is 13.9. The smallest absolute Gasteiger partial charge is 0.317 e. The molecule has 0 spiro atoms. The van der Waals surface area contributed by atoms with E-state index in [4.69, 9.17) is 9.15 Å². The van der Waals surface area contributed by atoms with Crippen molar-refractivity contribution in [2.75, 3.05) is 38.2 Å². The van der Waals surface area contributed by atoms with E-state index in [-0.39, 0.29) is 6.03 Å². The minimum Gasteiger partial charge on any atom is -0.496 e. The topological polar surface area (TPSA) is 70.8 Å². The number of aryl methyl sites for hydroxylation is 2. The van der Waals surface area contributed by atoms with Crippen LogP contribution >= 0.6 is 0 Å². The van der Waals surface area contributed by atoms with E-state index in [0.717, 1.165) is 35.7 Å². The highest BCUT2D eigenvalue weighted by Gasteiger charge is 2.22. The van der Waals surface area contributed by atoms with Crippen molar-refractivity contribution in [1.29, 1.82) is 0 Å². The molecule has 1 saturated heterocycles. The summed E-state index contributed by atoms with van der Waals surface area (Å²) in [6, 6.07) is 14.2. The van der Waals surface area contributed by atoms with Gasteiger partial charge in [-0.15, -0.1) is 0 Å². The fraction of sp³-hybridized carbons (Fsp3) is 0.333. The second-order valence-electron chi connectivity index (χ2n) is 7.69. The second-order valence-corrected chi connectivity index (χ2v) is 7.69. The first kappa shape index (κ1) is 20.8. The molecule has 0 atom stereocenters. The number of urea groups is 1. The van der Waals surface area contributed by atoms with Crippen LogP contribution in [0.5, 0.6) is 5.75 Å². The number of nitrogens with zero attached hydrogens (tertiary/aromatic N) is 3. The van der Waals surface area contributed by atoms with E-state index >= 15 is 0 Å². The van der Waals surface area contributed by atoms with Crippen LogP contribution in [0.25, 0.3) is 11.3 Å². The molecule has 0 unspecified atom stereocenters. The lowest BCUT2D eigenvalue weighted by molar-refractivity contribution is 0.194. The van der Waals surface area contributed by atoms with Crippen LogP contribution in [0.3, 0.4) is 0 Å². The highest BCUT2D eigenvalue weighted by molar-refractivity contribution is 5.75. The molecule has 0 bridgehead atoms. The van der Waals surface area contributed by atoms with Crippen LogP contribution in [0, 0.1) is 13.8 Å². The van der Waals surface area contributed by atoms with E-state index in [1.165, 1.54) is 5.56 Å². The largest absolute Gasteiger partial charge is 0.496 e. The van der Waals surface area contributed by atoms with E-state index in [1.807, 2.05) is 42.2 Å². The molecular formula is C24H28N4O3. The summed E-state index contributed by atoms with van der Waals surface area (Å²) in [5.41, 5.74) is 4.27. The van der Waals surface area contributed by atoms with Crippen molar-refractivity contribution >= 4 is 11.7 Å². The molecule has 31 heavy (non-hydrogen) atoms. The van der Waals surface area contributed by atoms with E-state index in [1.54, 1.807) is 13.3 Å². The van der Waals surface area contributed by atoms with Crippen molar-refractivity contribution in [3.63, 3.8) is 0 Å². The summed E-state index contributed by atoms with van der Waals surface area (Å²) in [5, 5.41) is 3.04. The Morgan fingerprint density at radius 1 is 1.13 bits per heavy atom. The maximum Gasteiger partial charge on any atom is 0.317 e. The van der Waals surface area contributed by atoms with Crippen LogP contribution in [0.15, 0.2) is 53.1 Å². The number of amides is 2. The average molecular weight is 421 g/mol. The molecule has 1 N–H and O–H groups in total. The molecule has 1 aromatic heterocycles. The van der Waals surface area contributed by atoms with Crippen LogP contribution < -0.4 is 15.0 Å². The lowest BCUT2D eigenvalue weighted by Gasteiger charge is -2.36. The van der Waals surface area contributed by atoms with Gasteiger partial charge >= 0.3 is 6.03 Å². The predicted octanol–water partition coefficient (Wildman–Crippen LogP) is 4.00. The quantitative estimate of drug-likeness (QED) is 0.676. The molecular weight excluding hydrogens is 392 g/mol. The number of methoxy groups -OCH3 is 1. The third kappa shape index (κ3) is 4.66. The number of carbonyl (C=O) groups excluding carboxylic acids is 1. The number of hydrogen-bond acceptors (Lipinski definition) is 5. The van der Waals surface area contributed by atoms with Crippen LogP contribution in [-0.2, 0) is 6.54 Å². The zero-order valence-electron chi connectivity index (χ0n) is 18.2. The highest BCUT2D eigenvalue weighted by Crippen LogP contribution is 2.34. The number of anilines is 1. The molecule has 0 saturated carbocycles. The van der Waals surface area contributed by atoms with Gasteiger partial charge in [0, 0.05) is 51.4 Å². The zero-order valence-corrected chi connectivity index (χ0v) is 18.2. The maximum atomic E-state index is 12.6. The Bertz CT molecular complexity index is 1050. The Kier molecular flexibility index (Phi) is 6.11. The maximum absolute atomic E-state index is 12.6. The number of carbonyl (C=O) groups is 1. The van der Waals surface area contributed by atoms with E-state index in [9.17, 15) is 4.79 Å². The van der Waals surface area contributed by atoms with Gasteiger partial charge in [0.25, 0.3) is 0 Å². The number of piperazine rings is 1. The van der Waals surface area contributed by atoms with Gasteiger partial charge in [-0.3, -0.25) is 0 Å². The Hall–Kier alpha value is -3.48. The van der Waals surface area contributed by atoms with Gasteiger partial charge in [0.05, 0.1) is 18.9 Å². The molecule has 4 rings (SSSR count). The number of rotatable bonds is 5. The number of oxazole rings is 1. The summed E-state index contributed by atoms with van der Waals surface area (Å²) in [4.78, 5) is 20.9. The number of aromatic nitrogens is 1. The van der Waals surface area contributed by atoms with Crippen molar-refractivity contribution in [1.82, 2.24) is 15.2 Å². The van der Waals surface area contributed by atoms with Crippen LogP contribution in [0.4, 0.5) is 10.5 Å². The van der Waals surface area contributed by atoms with Crippen molar-refractivity contribution in [3.8, 4) is 17.1 Å². The summed E-state index contributed by atoms with van der Waals surface area (Å²) in [7, 11) is 1.66. The first-order valence-electron chi connectivity index (χ1n) is 10.5. The predicted molar refractivity (Wildman–Crippen MR) is 120 cm³/mol. The molecule has 0 aliphatic carbocycles. The van der Waals surface area contributed by atoms with Gasteiger partial charge in [0.2, 0.25) is 0 Å². The fourth-order valence-electron chi connectivity index (χ4n) is 3.82. The summed E-state index contributed by atoms with van der Waals surface area (Å²) in [6.07, 6.45) is 1.71. The lowest BCUT2D eigenvalue weighted by Crippen LogP contribution is -2.51. The molecule has 162 valence electrons.